The summed E-state index contributed by atoms with van der Waals surface area (Å²) in [7, 11) is -1.28. The van der Waals surface area contributed by atoms with Crippen LogP contribution in [-0.4, -0.2) is 30.2 Å². The van der Waals surface area contributed by atoms with Crippen molar-refractivity contribution in [1.29, 1.82) is 0 Å². The molecule has 93 valence electrons. The average Bonchev–Trinajstić information content (AvgIpc) is 2.91. The molecule has 0 bridgehead atoms. The predicted octanol–water partition coefficient (Wildman–Crippen LogP) is 0.559. The first-order valence-corrected chi connectivity index (χ1v) is 7.42. The van der Waals surface area contributed by atoms with E-state index in [0.29, 0.717) is 5.45 Å². The first-order valence-electron chi connectivity index (χ1n) is 5.42. The minimum atomic E-state index is -1.28. The van der Waals surface area contributed by atoms with Crippen LogP contribution in [0.25, 0.3) is 0 Å². The number of rotatable bonds is 4. The Morgan fingerprint density at radius 2 is 2.22 bits per heavy atom. The molecule has 1 radical (unpaired) electrons. The predicted molar refractivity (Wildman–Crippen MR) is 67.4 cm³/mol. The van der Waals surface area contributed by atoms with E-state index in [0.717, 1.165) is 5.56 Å². The third-order valence-electron chi connectivity index (χ3n) is 2.27. The molecule has 0 unspecified atom stereocenters. The molecule has 18 heavy (non-hydrogen) atoms. The highest BCUT2D eigenvalue weighted by Crippen LogP contribution is 2.00. The van der Waals surface area contributed by atoms with Gasteiger partial charge in [0.25, 0.3) is 8.96 Å². The zero-order chi connectivity index (χ0) is 12.8. The molecule has 2 aromatic rings. The molecule has 0 saturated carbocycles. The summed E-state index contributed by atoms with van der Waals surface area (Å²) in [6.45, 7) is 2.16. The topological polar surface area (TPSA) is 79.9 Å². The van der Waals surface area contributed by atoms with Crippen LogP contribution in [0.15, 0.2) is 36.7 Å². The van der Waals surface area contributed by atoms with Crippen LogP contribution in [0.1, 0.15) is 5.56 Å². The van der Waals surface area contributed by atoms with E-state index in [4.69, 9.17) is 4.74 Å². The van der Waals surface area contributed by atoms with Crippen LogP contribution >= 0.6 is 0 Å². The second-order valence-electron chi connectivity index (χ2n) is 3.65. The maximum Gasteiger partial charge on any atom is 0.399 e. The Bertz CT molecular complexity index is 489. The molecule has 0 aliphatic heterocycles. The van der Waals surface area contributed by atoms with Crippen molar-refractivity contribution in [2.75, 3.05) is 0 Å². The van der Waals surface area contributed by atoms with Gasteiger partial charge in [-0.25, -0.2) is 9.78 Å². The molecule has 1 aromatic carbocycles. The highest BCUT2D eigenvalue weighted by Gasteiger charge is 2.15. The quantitative estimate of drug-likeness (QED) is 0.788. The third kappa shape index (κ3) is 3.42. The summed E-state index contributed by atoms with van der Waals surface area (Å²) in [5.74, 6) is 0. The Balaban J connectivity index is 1.79. The Morgan fingerprint density at radius 1 is 1.44 bits per heavy atom. The van der Waals surface area contributed by atoms with Crippen molar-refractivity contribution in [2.45, 2.75) is 13.2 Å². The summed E-state index contributed by atoms with van der Waals surface area (Å²) in [6.07, 6.45) is 0.979. The maximum atomic E-state index is 11.6. The van der Waals surface area contributed by atoms with E-state index in [-0.39, 0.29) is 6.61 Å². The normalized spacial score (nSPS) is 10.3. The molecular formula is C11H13N4O2Si. The summed E-state index contributed by atoms with van der Waals surface area (Å²) in [5.41, 5.74) is 1.65. The van der Waals surface area contributed by atoms with Crippen molar-refractivity contribution in [3.05, 3.63) is 42.2 Å². The molecule has 0 fully saturated rings. The molecule has 1 amide bonds. The van der Waals surface area contributed by atoms with E-state index >= 15 is 0 Å². The fraction of sp³-hybridized carbons (Fsp3) is 0.182. The van der Waals surface area contributed by atoms with Crippen molar-refractivity contribution in [1.82, 2.24) is 20.2 Å². The van der Waals surface area contributed by atoms with Crippen molar-refractivity contribution < 1.29 is 9.53 Å². The fourth-order valence-corrected chi connectivity index (χ4v) is 2.34. The smallest absolute Gasteiger partial charge is 0.399 e. The van der Waals surface area contributed by atoms with E-state index in [2.05, 4.69) is 20.2 Å². The van der Waals surface area contributed by atoms with Crippen molar-refractivity contribution >= 4 is 20.5 Å². The number of carbonyl (C=O) groups is 1. The van der Waals surface area contributed by atoms with Crippen molar-refractivity contribution in [3.8, 4) is 0 Å². The molecule has 0 spiro atoms. The van der Waals surface area contributed by atoms with Gasteiger partial charge in [0.15, 0.2) is 0 Å². The van der Waals surface area contributed by atoms with Gasteiger partial charge in [0, 0.05) is 0 Å². The van der Waals surface area contributed by atoms with Gasteiger partial charge in [0.1, 0.15) is 18.4 Å². The Hall–Kier alpha value is -2.15. The third-order valence-corrected chi connectivity index (χ3v) is 3.80. The van der Waals surface area contributed by atoms with Crippen LogP contribution in [0.3, 0.4) is 0 Å². The molecule has 0 atom stereocenters. The van der Waals surface area contributed by atoms with Crippen LogP contribution < -0.4 is 10.4 Å². The number of nitrogens with one attached hydrogen (secondary N) is 2. The van der Waals surface area contributed by atoms with Crippen LogP contribution in [-0.2, 0) is 11.3 Å². The molecule has 0 aliphatic carbocycles. The summed E-state index contributed by atoms with van der Waals surface area (Å²) in [4.78, 5) is 18.3. The van der Waals surface area contributed by atoms with Gasteiger partial charge >= 0.3 is 6.09 Å². The van der Waals surface area contributed by atoms with E-state index in [1.54, 1.807) is 0 Å². The van der Waals surface area contributed by atoms with Gasteiger partial charge in [-0.15, -0.1) is 0 Å². The van der Waals surface area contributed by atoms with Crippen LogP contribution in [0, 0.1) is 0 Å². The van der Waals surface area contributed by atoms with Crippen LogP contribution in [0.5, 0.6) is 0 Å². The summed E-state index contributed by atoms with van der Waals surface area (Å²) < 4.78 is 5.11. The molecule has 2 N–H and O–H groups in total. The lowest BCUT2D eigenvalue weighted by atomic mass is 10.2. The Morgan fingerprint density at radius 3 is 2.89 bits per heavy atom. The van der Waals surface area contributed by atoms with E-state index < -0.39 is 15.1 Å². The maximum absolute atomic E-state index is 11.6. The number of benzene rings is 1. The lowest BCUT2D eigenvalue weighted by Gasteiger charge is -2.09. The standard InChI is InChI=1S/C11H13N4O2Si/c1-18(10-12-8-13-14-10)15-11(16)17-7-9-5-3-2-4-6-9/h2-6,8H,7H2,1H3,(H,15,16)(H,12,13,14). The molecule has 0 saturated heterocycles. The highest BCUT2D eigenvalue weighted by molar-refractivity contribution is 6.70. The zero-order valence-corrected chi connectivity index (χ0v) is 10.9. The van der Waals surface area contributed by atoms with Gasteiger partial charge in [-0.2, -0.15) is 5.10 Å². The fourth-order valence-electron chi connectivity index (χ4n) is 1.36. The number of aromatic nitrogens is 3. The summed E-state index contributed by atoms with van der Waals surface area (Å²) in [6, 6.07) is 9.53. The van der Waals surface area contributed by atoms with Crippen LogP contribution in [0.2, 0.25) is 6.55 Å². The first kappa shape index (κ1) is 12.3. The van der Waals surface area contributed by atoms with Gasteiger partial charge in [-0.1, -0.05) is 30.3 Å². The van der Waals surface area contributed by atoms with Crippen molar-refractivity contribution in [3.63, 3.8) is 0 Å². The van der Waals surface area contributed by atoms with E-state index in [1.807, 2.05) is 36.9 Å². The SMILES string of the molecule is C[Si](NC(=O)OCc1ccccc1)c1ncn[nH]1. The monoisotopic (exact) mass is 261 g/mol. The average molecular weight is 261 g/mol. The van der Waals surface area contributed by atoms with Gasteiger partial charge in [0.05, 0.1) is 0 Å². The van der Waals surface area contributed by atoms with E-state index in [1.165, 1.54) is 6.33 Å². The summed E-state index contributed by atoms with van der Waals surface area (Å²) >= 11 is 0. The largest absolute Gasteiger partial charge is 0.445 e. The Kier molecular flexibility index (Phi) is 4.08. The molecule has 1 heterocycles. The number of hydrogen-bond donors (Lipinski definition) is 2. The Labute approximate surface area is 106 Å². The summed E-state index contributed by atoms with van der Waals surface area (Å²) in [5, 5.41) is 6.47. The molecule has 6 nitrogen and oxygen atoms in total. The van der Waals surface area contributed by atoms with Gasteiger partial charge in [0.2, 0.25) is 0 Å². The number of ether oxygens (including phenoxy) is 1. The number of nitrogens with zero attached hydrogens (tertiary/aromatic N) is 2. The minimum absolute atomic E-state index is 0.262. The second kappa shape index (κ2) is 5.96. The number of carbonyl (C=O) groups excluding carboxylic acids is 1. The number of H-pyrrole nitrogens is 1. The number of hydrogen-bond acceptors (Lipinski definition) is 4. The highest BCUT2D eigenvalue weighted by atomic mass is 28.3. The number of amides is 1. The first-order chi connectivity index (χ1) is 8.75. The lowest BCUT2D eigenvalue weighted by Crippen LogP contribution is -2.47. The minimum Gasteiger partial charge on any atom is -0.445 e. The van der Waals surface area contributed by atoms with Crippen molar-refractivity contribution in [2.24, 2.45) is 0 Å². The van der Waals surface area contributed by atoms with E-state index in [9.17, 15) is 4.79 Å². The molecular weight excluding hydrogens is 248 g/mol. The zero-order valence-electron chi connectivity index (χ0n) is 9.88. The lowest BCUT2D eigenvalue weighted by molar-refractivity contribution is 0.145. The van der Waals surface area contributed by atoms with Gasteiger partial charge < -0.3 is 9.72 Å². The molecule has 2 rings (SSSR count). The number of aromatic amines is 1. The molecule has 1 aromatic heterocycles. The molecule has 7 heteroatoms. The second-order valence-corrected chi connectivity index (χ2v) is 5.62. The van der Waals surface area contributed by atoms with Crippen LogP contribution in [0.4, 0.5) is 4.79 Å². The van der Waals surface area contributed by atoms with Gasteiger partial charge in [-0.3, -0.25) is 5.10 Å². The molecule has 0 aliphatic rings. The van der Waals surface area contributed by atoms with Gasteiger partial charge in [-0.05, 0) is 12.1 Å².